The maximum absolute atomic E-state index is 5.01. The summed E-state index contributed by atoms with van der Waals surface area (Å²) in [5.41, 5.74) is 9.73. The monoisotopic (exact) mass is 435 g/mol. The van der Waals surface area contributed by atoms with Gasteiger partial charge in [-0.25, -0.2) is 14.5 Å². The third-order valence-electron chi connectivity index (χ3n) is 6.25. The van der Waals surface area contributed by atoms with Gasteiger partial charge in [-0.05, 0) is 67.3 Å². The number of imidazole rings is 1. The number of hydrogen-bond donors (Lipinski definition) is 2. The molecule has 1 aliphatic heterocycles. The Kier molecular flexibility index (Phi) is 4.96. The van der Waals surface area contributed by atoms with Crippen molar-refractivity contribution in [3.8, 4) is 22.6 Å². The Labute approximate surface area is 192 Å². The summed E-state index contributed by atoms with van der Waals surface area (Å²) in [6, 6.07) is 16.9. The van der Waals surface area contributed by atoms with Crippen LogP contribution in [-0.4, -0.2) is 36.1 Å². The number of pyridine rings is 2. The zero-order valence-corrected chi connectivity index (χ0v) is 18.5. The summed E-state index contributed by atoms with van der Waals surface area (Å²) in [5, 5.41) is 7.73. The third-order valence-corrected chi connectivity index (χ3v) is 6.25. The molecule has 5 heterocycles. The first-order chi connectivity index (χ1) is 16.2. The van der Waals surface area contributed by atoms with Crippen LogP contribution in [0.15, 0.2) is 61.1 Å². The van der Waals surface area contributed by atoms with Gasteiger partial charge in [0.1, 0.15) is 12.2 Å². The topological polar surface area (TPSA) is 83.8 Å². The van der Waals surface area contributed by atoms with Crippen molar-refractivity contribution in [1.82, 2.24) is 34.9 Å². The van der Waals surface area contributed by atoms with Crippen molar-refractivity contribution >= 4 is 5.65 Å². The summed E-state index contributed by atoms with van der Waals surface area (Å²) in [6.07, 6.45) is 6.41. The molecule has 0 unspecified atom stereocenters. The zero-order chi connectivity index (χ0) is 22.2. The van der Waals surface area contributed by atoms with E-state index in [2.05, 4.69) is 38.6 Å². The molecule has 0 saturated heterocycles. The minimum Gasteiger partial charge on any atom is -0.340 e. The number of benzene rings is 1. The van der Waals surface area contributed by atoms with Gasteiger partial charge in [-0.1, -0.05) is 24.3 Å². The number of rotatable bonds is 5. The Hall–Kier alpha value is -3.84. The highest BCUT2D eigenvalue weighted by Gasteiger charge is 2.17. The van der Waals surface area contributed by atoms with Gasteiger partial charge in [0.2, 0.25) is 0 Å². The molecule has 1 aromatic carbocycles. The molecule has 2 N–H and O–H groups in total. The SMILES string of the molecule is Cc1cccc(-c2[nH]c(CCc3ccc4c(c3)CCNC4)nc2-c2ccc3ncnn3c2)n1. The fourth-order valence-electron chi connectivity index (χ4n) is 4.52. The fraction of sp³-hybridized carbons (Fsp3) is 0.231. The van der Waals surface area contributed by atoms with Crippen LogP contribution in [0.5, 0.6) is 0 Å². The summed E-state index contributed by atoms with van der Waals surface area (Å²) in [4.78, 5) is 17.6. The average molecular weight is 436 g/mol. The molecule has 0 aliphatic carbocycles. The van der Waals surface area contributed by atoms with Crippen LogP contribution in [0, 0.1) is 6.92 Å². The largest absolute Gasteiger partial charge is 0.340 e. The molecule has 0 saturated carbocycles. The van der Waals surface area contributed by atoms with Crippen LogP contribution in [-0.2, 0) is 25.8 Å². The lowest BCUT2D eigenvalue weighted by molar-refractivity contribution is 0.642. The van der Waals surface area contributed by atoms with Crippen molar-refractivity contribution in [2.24, 2.45) is 0 Å². The Morgan fingerprint density at radius 3 is 2.91 bits per heavy atom. The molecule has 33 heavy (non-hydrogen) atoms. The van der Waals surface area contributed by atoms with Gasteiger partial charge in [0.05, 0.1) is 17.1 Å². The molecule has 0 spiro atoms. The van der Waals surface area contributed by atoms with Crippen LogP contribution >= 0.6 is 0 Å². The Morgan fingerprint density at radius 2 is 1.97 bits per heavy atom. The van der Waals surface area contributed by atoms with E-state index < -0.39 is 0 Å². The standard InChI is InChI=1S/C26H25N7/c1-17-3-2-4-22(30-17)26-25(21-8-10-24-28-16-29-33(24)15-21)31-23(32-26)9-6-18-5-7-20-14-27-12-11-19(20)13-18/h2-5,7-8,10,13,15-16,27H,6,9,11-12,14H2,1H3,(H,31,32). The van der Waals surface area contributed by atoms with E-state index in [4.69, 9.17) is 9.97 Å². The van der Waals surface area contributed by atoms with Crippen LogP contribution in [0.2, 0.25) is 0 Å². The molecule has 6 rings (SSSR count). The highest BCUT2D eigenvalue weighted by Crippen LogP contribution is 2.30. The molecule has 1 aliphatic rings. The minimum absolute atomic E-state index is 0.812. The Bertz CT molecular complexity index is 1450. The third kappa shape index (κ3) is 3.91. The van der Waals surface area contributed by atoms with Gasteiger partial charge in [-0.2, -0.15) is 5.10 Å². The second-order valence-corrected chi connectivity index (χ2v) is 8.58. The molecule has 0 bridgehead atoms. The quantitative estimate of drug-likeness (QED) is 0.437. The Morgan fingerprint density at radius 1 is 1.00 bits per heavy atom. The molecule has 0 radical (unpaired) electrons. The maximum atomic E-state index is 5.01. The summed E-state index contributed by atoms with van der Waals surface area (Å²) < 4.78 is 1.78. The number of aryl methyl sites for hydroxylation is 3. The van der Waals surface area contributed by atoms with Crippen molar-refractivity contribution in [3.05, 3.63) is 89.3 Å². The fourth-order valence-corrected chi connectivity index (χ4v) is 4.52. The number of nitrogens with one attached hydrogen (secondary N) is 2. The molecule has 0 amide bonds. The summed E-state index contributed by atoms with van der Waals surface area (Å²) in [7, 11) is 0. The van der Waals surface area contributed by atoms with Gasteiger partial charge in [-0.15, -0.1) is 0 Å². The van der Waals surface area contributed by atoms with Crippen LogP contribution in [0.3, 0.4) is 0 Å². The van der Waals surface area contributed by atoms with E-state index in [0.717, 1.165) is 72.2 Å². The predicted molar refractivity (Wildman–Crippen MR) is 128 cm³/mol. The van der Waals surface area contributed by atoms with Gasteiger partial charge >= 0.3 is 0 Å². The van der Waals surface area contributed by atoms with Crippen LogP contribution in [0.25, 0.3) is 28.3 Å². The maximum Gasteiger partial charge on any atom is 0.155 e. The number of aromatic nitrogens is 6. The van der Waals surface area contributed by atoms with E-state index in [1.807, 2.05) is 43.5 Å². The predicted octanol–water partition coefficient (Wildman–Crippen LogP) is 3.92. The molecular formula is C26H25N7. The first-order valence-electron chi connectivity index (χ1n) is 11.4. The number of hydrogen-bond acceptors (Lipinski definition) is 5. The van der Waals surface area contributed by atoms with Gasteiger partial charge in [0.25, 0.3) is 0 Å². The molecule has 7 nitrogen and oxygen atoms in total. The van der Waals surface area contributed by atoms with Crippen molar-refractivity contribution in [1.29, 1.82) is 0 Å². The first kappa shape index (κ1) is 19.8. The normalized spacial score (nSPS) is 13.4. The number of fused-ring (bicyclic) bond motifs is 2. The van der Waals surface area contributed by atoms with Crippen LogP contribution in [0.4, 0.5) is 0 Å². The van der Waals surface area contributed by atoms with E-state index in [1.54, 1.807) is 10.8 Å². The first-order valence-corrected chi connectivity index (χ1v) is 11.4. The molecular weight excluding hydrogens is 410 g/mol. The molecule has 164 valence electrons. The second-order valence-electron chi connectivity index (χ2n) is 8.58. The van der Waals surface area contributed by atoms with E-state index in [0.29, 0.717) is 0 Å². The van der Waals surface area contributed by atoms with E-state index in [9.17, 15) is 0 Å². The second kappa shape index (κ2) is 8.26. The van der Waals surface area contributed by atoms with Crippen LogP contribution in [0.1, 0.15) is 28.2 Å². The molecule has 0 atom stereocenters. The van der Waals surface area contributed by atoms with E-state index in [-0.39, 0.29) is 0 Å². The van der Waals surface area contributed by atoms with E-state index in [1.165, 1.54) is 16.7 Å². The van der Waals surface area contributed by atoms with Gasteiger partial charge in [0, 0.05) is 30.4 Å². The summed E-state index contributed by atoms with van der Waals surface area (Å²) >= 11 is 0. The lowest BCUT2D eigenvalue weighted by Crippen LogP contribution is -2.23. The van der Waals surface area contributed by atoms with Crippen molar-refractivity contribution in [3.63, 3.8) is 0 Å². The summed E-state index contributed by atoms with van der Waals surface area (Å²) in [5.74, 6) is 0.960. The minimum atomic E-state index is 0.812. The molecule has 4 aromatic heterocycles. The van der Waals surface area contributed by atoms with Gasteiger partial charge < -0.3 is 10.3 Å². The summed E-state index contributed by atoms with van der Waals surface area (Å²) in [6.45, 7) is 4.04. The highest BCUT2D eigenvalue weighted by molar-refractivity contribution is 5.77. The van der Waals surface area contributed by atoms with Crippen LogP contribution < -0.4 is 5.32 Å². The number of nitrogens with zero attached hydrogens (tertiary/aromatic N) is 5. The molecule has 7 heteroatoms. The molecule has 0 fully saturated rings. The number of aromatic amines is 1. The molecule has 5 aromatic rings. The lowest BCUT2D eigenvalue weighted by atomic mass is 9.97. The smallest absolute Gasteiger partial charge is 0.155 e. The van der Waals surface area contributed by atoms with Gasteiger partial charge in [-0.3, -0.25) is 4.98 Å². The van der Waals surface area contributed by atoms with Crippen molar-refractivity contribution < 1.29 is 0 Å². The zero-order valence-electron chi connectivity index (χ0n) is 18.5. The Balaban J connectivity index is 1.34. The highest BCUT2D eigenvalue weighted by atomic mass is 15.3. The lowest BCUT2D eigenvalue weighted by Gasteiger charge is -2.17. The average Bonchev–Trinajstić information content (AvgIpc) is 3.49. The van der Waals surface area contributed by atoms with Gasteiger partial charge in [0.15, 0.2) is 5.65 Å². The van der Waals surface area contributed by atoms with Crippen molar-refractivity contribution in [2.75, 3.05) is 6.54 Å². The number of H-pyrrole nitrogens is 1. The van der Waals surface area contributed by atoms with E-state index >= 15 is 0 Å². The van der Waals surface area contributed by atoms with Crippen molar-refractivity contribution in [2.45, 2.75) is 32.7 Å².